The Balaban J connectivity index is 2.06. The van der Waals surface area contributed by atoms with Gasteiger partial charge in [0, 0.05) is 0 Å². The van der Waals surface area contributed by atoms with Crippen LogP contribution < -0.4 is 0 Å². The fourth-order valence-electron chi connectivity index (χ4n) is 2.60. The zero-order chi connectivity index (χ0) is 20.5. The van der Waals surface area contributed by atoms with Gasteiger partial charge in [-0.05, 0) is 0 Å². The number of hydrogen-bond donors (Lipinski definition) is 9. The monoisotopic (exact) mass is 422 g/mol. The van der Waals surface area contributed by atoms with Crippen LogP contribution >= 0.6 is 7.82 Å². The molecule has 2 aliphatic rings. The first kappa shape index (κ1) is 23.0. The lowest BCUT2D eigenvalue weighted by Crippen LogP contribution is -2.59. The molecule has 2 heterocycles. The normalized spacial score (nSPS) is 48.2. The molecule has 0 saturated carbocycles. The number of rotatable bonds is 6. The van der Waals surface area contributed by atoms with Gasteiger partial charge in [0.2, 0.25) is 0 Å². The van der Waals surface area contributed by atoms with E-state index in [0.29, 0.717) is 0 Å². The largest absolute Gasteiger partial charge is 0.477 e. The maximum Gasteiger partial charge on any atom is 0.477 e. The Kier molecular flexibility index (Phi) is 7.68. The van der Waals surface area contributed by atoms with E-state index < -0.39 is 82.4 Å². The van der Waals surface area contributed by atoms with Crippen molar-refractivity contribution in [2.75, 3.05) is 13.2 Å². The second kappa shape index (κ2) is 9.02. The summed E-state index contributed by atoms with van der Waals surface area (Å²) in [6, 6.07) is 0. The third-order valence-electron chi connectivity index (χ3n) is 4.17. The molecule has 0 aliphatic carbocycles. The minimum Gasteiger partial charge on any atom is -0.394 e. The van der Waals surface area contributed by atoms with E-state index in [-0.39, 0.29) is 0 Å². The topological polar surface area (TPSA) is 236 Å². The Labute approximate surface area is 152 Å². The maximum atomic E-state index is 12.1. The van der Waals surface area contributed by atoms with Gasteiger partial charge in [0.05, 0.1) is 13.2 Å². The standard InChI is InChI=1S/C12H23O14P/c13-1-3-5(15)7(17)9(19)11(23-3)25-27(21,22)26-12-10(20)8(18)6(16)4(2-14)24-12/h3-20H,1-2H2,(H,21,22)/t3?,4?,5-,6+,7+,8?,9?,10-,11-,12+/m1/s1. The molecule has 2 aliphatic heterocycles. The van der Waals surface area contributed by atoms with Crippen LogP contribution in [-0.4, -0.2) is 120 Å². The highest BCUT2D eigenvalue weighted by molar-refractivity contribution is 7.47. The third-order valence-corrected chi connectivity index (χ3v) is 5.12. The van der Waals surface area contributed by atoms with Gasteiger partial charge in [0.1, 0.15) is 48.8 Å². The van der Waals surface area contributed by atoms with Crippen molar-refractivity contribution >= 4 is 7.82 Å². The van der Waals surface area contributed by atoms with Crippen LogP contribution in [0.2, 0.25) is 0 Å². The number of ether oxygens (including phenoxy) is 2. The molecule has 0 radical (unpaired) electrons. The van der Waals surface area contributed by atoms with E-state index in [2.05, 4.69) is 9.05 Å². The molecule has 0 aromatic carbocycles. The van der Waals surface area contributed by atoms with Crippen LogP contribution in [0.1, 0.15) is 0 Å². The van der Waals surface area contributed by atoms with E-state index in [1.54, 1.807) is 0 Å². The second-order valence-corrected chi connectivity index (χ2v) is 7.43. The van der Waals surface area contributed by atoms with Gasteiger partial charge in [-0.25, -0.2) is 4.57 Å². The van der Waals surface area contributed by atoms with E-state index in [4.69, 9.17) is 19.7 Å². The Bertz CT molecular complexity index is 488. The van der Waals surface area contributed by atoms with Crippen molar-refractivity contribution in [2.24, 2.45) is 0 Å². The molecular formula is C12H23O14P. The molecule has 27 heavy (non-hydrogen) atoms. The molecule has 0 amide bonds. The first-order chi connectivity index (χ1) is 12.5. The van der Waals surface area contributed by atoms with Gasteiger partial charge in [-0.15, -0.1) is 0 Å². The molecule has 2 saturated heterocycles. The summed E-state index contributed by atoms with van der Waals surface area (Å²) in [5.41, 5.74) is 0. The SMILES string of the molecule is O=P(O)(O[C@H]1OC(CO)[C@@H](O)[C@H](O)C1O)O[C@@H]1OC(CO)[C@H](O)C(O)[C@H]1O. The molecule has 5 unspecified atom stereocenters. The summed E-state index contributed by atoms with van der Waals surface area (Å²) in [7, 11) is -5.19. The number of phosphoric ester groups is 1. The lowest BCUT2D eigenvalue weighted by molar-refractivity contribution is -0.296. The van der Waals surface area contributed by atoms with Crippen LogP contribution in [0.3, 0.4) is 0 Å². The van der Waals surface area contributed by atoms with Crippen LogP contribution in [0.15, 0.2) is 0 Å². The summed E-state index contributed by atoms with van der Waals surface area (Å²) in [5.74, 6) is 0. The minimum absolute atomic E-state index is 0.811. The summed E-state index contributed by atoms with van der Waals surface area (Å²) < 4.78 is 31.0. The van der Waals surface area contributed by atoms with Crippen LogP contribution in [0, 0.1) is 0 Å². The van der Waals surface area contributed by atoms with Crippen LogP contribution in [-0.2, 0) is 23.1 Å². The van der Waals surface area contributed by atoms with Crippen LogP contribution in [0.4, 0.5) is 0 Å². The van der Waals surface area contributed by atoms with Crippen molar-refractivity contribution in [1.82, 2.24) is 0 Å². The molecule has 14 nitrogen and oxygen atoms in total. The van der Waals surface area contributed by atoms with Gasteiger partial charge in [-0.2, -0.15) is 0 Å². The molecule has 9 N–H and O–H groups in total. The first-order valence-electron chi connectivity index (χ1n) is 7.83. The molecule has 160 valence electrons. The van der Waals surface area contributed by atoms with Gasteiger partial charge in [0.15, 0.2) is 12.6 Å². The fourth-order valence-corrected chi connectivity index (χ4v) is 3.52. The van der Waals surface area contributed by atoms with Gasteiger partial charge in [-0.3, -0.25) is 9.05 Å². The van der Waals surface area contributed by atoms with Crippen molar-refractivity contribution < 1.29 is 68.8 Å². The highest BCUT2D eigenvalue weighted by Crippen LogP contribution is 2.49. The number of phosphoric acid groups is 1. The van der Waals surface area contributed by atoms with Gasteiger partial charge in [-0.1, -0.05) is 0 Å². The molecule has 0 bridgehead atoms. The van der Waals surface area contributed by atoms with Crippen molar-refractivity contribution in [1.29, 1.82) is 0 Å². The Hall–Kier alpha value is -0.290. The molecule has 15 heteroatoms. The summed E-state index contributed by atoms with van der Waals surface area (Å²) in [6.45, 7) is -1.62. The Morgan fingerprint density at radius 2 is 1.00 bits per heavy atom. The second-order valence-electron chi connectivity index (χ2n) is 6.07. The first-order valence-corrected chi connectivity index (χ1v) is 9.32. The Morgan fingerprint density at radius 3 is 1.30 bits per heavy atom. The summed E-state index contributed by atoms with van der Waals surface area (Å²) in [5, 5.41) is 76.2. The highest BCUT2D eigenvalue weighted by Gasteiger charge is 2.50. The molecule has 0 spiro atoms. The smallest absolute Gasteiger partial charge is 0.394 e. The van der Waals surface area contributed by atoms with E-state index >= 15 is 0 Å². The molecule has 0 aromatic heterocycles. The lowest BCUT2D eigenvalue weighted by Gasteiger charge is -2.41. The third kappa shape index (κ3) is 5.01. The van der Waals surface area contributed by atoms with E-state index in [1.807, 2.05) is 0 Å². The molecule has 0 aromatic rings. The minimum atomic E-state index is -5.19. The average Bonchev–Trinajstić information content (AvgIpc) is 2.62. The number of aliphatic hydroxyl groups excluding tert-OH is 8. The van der Waals surface area contributed by atoms with Crippen molar-refractivity contribution in [3.05, 3.63) is 0 Å². The zero-order valence-corrected chi connectivity index (χ0v) is 14.6. The maximum absolute atomic E-state index is 12.1. The van der Waals surface area contributed by atoms with Crippen molar-refractivity contribution in [3.8, 4) is 0 Å². The van der Waals surface area contributed by atoms with Gasteiger partial charge >= 0.3 is 7.82 Å². The van der Waals surface area contributed by atoms with E-state index in [1.165, 1.54) is 0 Å². The summed E-state index contributed by atoms with van der Waals surface area (Å²) in [6.07, 6.45) is -18.1. The van der Waals surface area contributed by atoms with Crippen LogP contribution in [0.5, 0.6) is 0 Å². The zero-order valence-electron chi connectivity index (χ0n) is 13.7. The molecule has 2 rings (SSSR count). The van der Waals surface area contributed by atoms with Gasteiger partial charge < -0.3 is 55.2 Å². The fraction of sp³-hybridized carbons (Fsp3) is 1.00. The number of hydrogen-bond acceptors (Lipinski definition) is 13. The lowest BCUT2D eigenvalue weighted by atomic mass is 9.99. The van der Waals surface area contributed by atoms with Crippen LogP contribution in [0.25, 0.3) is 0 Å². The van der Waals surface area contributed by atoms with Crippen molar-refractivity contribution in [3.63, 3.8) is 0 Å². The molecule has 2 fully saturated rings. The van der Waals surface area contributed by atoms with E-state index in [9.17, 15) is 40.1 Å². The predicted molar refractivity (Wildman–Crippen MR) is 79.5 cm³/mol. The summed E-state index contributed by atoms with van der Waals surface area (Å²) in [4.78, 5) is 9.79. The van der Waals surface area contributed by atoms with Gasteiger partial charge in [0.25, 0.3) is 0 Å². The number of aliphatic hydroxyl groups is 8. The van der Waals surface area contributed by atoms with Crippen molar-refractivity contribution in [2.45, 2.75) is 61.4 Å². The Morgan fingerprint density at radius 1 is 0.667 bits per heavy atom. The molecule has 11 atom stereocenters. The molecular weight excluding hydrogens is 399 g/mol. The summed E-state index contributed by atoms with van der Waals surface area (Å²) >= 11 is 0. The highest BCUT2D eigenvalue weighted by atomic mass is 31.2. The predicted octanol–water partition coefficient (Wildman–Crippen LogP) is -5.28. The van der Waals surface area contributed by atoms with E-state index in [0.717, 1.165) is 0 Å². The quantitative estimate of drug-likeness (QED) is 0.182. The average molecular weight is 422 g/mol.